The molecule has 198 valence electrons. The minimum atomic E-state index is -0.585. The maximum atomic E-state index is 14.1. The average Bonchev–Trinajstić information content (AvgIpc) is 3.62. The molecule has 0 fully saturated rings. The van der Waals surface area contributed by atoms with Crippen molar-refractivity contribution in [2.75, 3.05) is 5.73 Å². The molecule has 6 aromatic rings. The van der Waals surface area contributed by atoms with E-state index in [9.17, 15) is 9.59 Å². The fraction of sp³-hybridized carbons (Fsp3) is 0.138. The SMILES string of the molecule is Cc1c(C#Cc2ccn3cc([C@H](C)NC(=O)c4c(N)nn5cccnc45)n(-c4ccccc4)c(=O)c23)cnn1C. The molecule has 0 aliphatic carbocycles. The smallest absolute Gasteiger partial charge is 0.280 e. The van der Waals surface area contributed by atoms with Crippen molar-refractivity contribution in [3.8, 4) is 17.5 Å². The fourth-order valence-electron chi connectivity index (χ4n) is 4.67. The summed E-state index contributed by atoms with van der Waals surface area (Å²) >= 11 is 0. The van der Waals surface area contributed by atoms with E-state index in [0.717, 1.165) is 11.3 Å². The Bertz CT molecular complexity index is 2030. The summed E-state index contributed by atoms with van der Waals surface area (Å²) in [5.74, 6) is 5.90. The van der Waals surface area contributed by atoms with Gasteiger partial charge in [0, 0.05) is 37.5 Å². The molecular formula is C29H25N9O2. The van der Waals surface area contributed by atoms with Crippen molar-refractivity contribution in [3.63, 3.8) is 0 Å². The molecule has 1 aromatic carbocycles. The highest BCUT2D eigenvalue weighted by molar-refractivity contribution is 6.04. The number of carbonyl (C=O) groups is 1. The number of aromatic nitrogens is 7. The van der Waals surface area contributed by atoms with Crippen molar-refractivity contribution >= 4 is 22.9 Å². The zero-order valence-electron chi connectivity index (χ0n) is 22.0. The number of benzene rings is 1. The molecule has 5 aromatic heterocycles. The van der Waals surface area contributed by atoms with Crippen LogP contribution in [0, 0.1) is 18.8 Å². The minimum absolute atomic E-state index is 0.0665. The van der Waals surface area contributed by atoms with Crippen molar-refractivity contribution in [1.29, 1.82) is 0 Å². The highest BCUT2D eigenvalue weighted by atomic mass is 16.2. The van der Waals surface area contributed by atoms with Gasteiger partial charge in [-0.25, -0.2) is 9.50 Å². The van der Waals surface area contributed by atoms with Crippen molar-refractivity contribution in [2.45, 2.75) is 19.9 Å². The number of nitrogens with one attached hydrogen (secondary N) is 1. The molecule has 0 saturated carbocycles. The Morgan fingerprint density at radius 3 is 2.60 bits per heavy atom. The molecule has 11 heteroatoms. The normalized spacial score (nSPS) is 11.9. The lowest BCUT2D eigenvalue weighted by Gasteiger charge is -2.20. The molecule has 1 atom stereocenters. The van der Waals surface area contributed by atoms with Crippen LogP contribution in [0.2, 0.25) is 0 Å². The number of para-hydroxylation sites is 1. The van der Waals surface area contributed by atoms with Crippen LogP contribution in [-0.4, -0.2) is 39.3 Å². The molecule has 6 rings (SSSR count). The van der Waals surface area contributed by atoms with Crippen LogP contribution in [0.25, 0.3) is 16.9 Å². The van der Waals surface area contributed by atoms with Gasteiger partial charge in [-0.3, -0.25) is 18.8 Å². The Kier molecular flexibility index (Phi) is 5.92. The van der Waals surface area contributed by atoms with Gasteiger partial charge in [-0.2, -0.15) is 5.10 Å². The number of rotatable bonds is 4. The molecule has 0 bridgehead atoms. The second-order valence-corrected chi connectivity index (χ2v) is 9.38. The number of carbonyl (C=O) groups excluding carboxylic acids is 1. The number of nitrogen functional groups attached to an aromatic ring is 1. The summed E-state index contributed by atoms with van der Waals surface area (Å²) in [5.41, 5.74) is 10.3. The number of nitrogens with two attached hydrogens (primary N) is 1. The van der Waals surface area contributed by atoms with Crippen LogP contribution in [0.1, 0.15) is 45.8 Å². The van der Waals surface area contributed by atoms with Gasteiger partial charge in [0.15, 0.2) is 11.5 Å². The van der Waals surface area contributed by atoms with Gasteiger partial charge >= 0.3 is 0 Å². The lowest BCUT2D eigenvalue weighted by Crippen LogP contribution is -2.33. The Morgan fingerprint density at radius 2 is 1.85 bits per heavy atom. The summed E-state index contributed by atoms with van der Waals surface area (Å²) in [6.07, 6.45) is 8.56. The molecule has 11 nitrogen and oxygen atoms in total. The van der Waals surface area contributed by atoms with Gasteiger partial charge in [0.05, 0.1) is 34.8 Å². The Morgan fingerprint density at radius 1 is 1.07 bits per heavy atom. The number of anilines is 1. The number of hydrogen-bond donors (Lipinski definition) is 2. The Labute approximate surface area is 228 Å². The predicted octanol–water partition coefficient (Wildman–Crippen LogP) is 2.65. The van der Waals surface area contributed by atoms with Crippen molar-refractivity contribution < 1.29 is 4.79 Å². The van der Waals surface area contributed by atoms with Gasteiger partial charge in [0.2, 0.25) is 0 Å². The third-order valence-corrected chi connectivity index (χ3v) is 6.87. The van der Waals surface area contributed by atoms with E-state index in [2.05, 4.69) is 32.3 Å². The lowest BCUT2D eigenvalue weighted by molar-refractivity contribution is 0.0941. The Hall–Kier alpha value is -5.63. The van der Waals surface area contributed by atoms with Gasteiger partial charge in [0.25, 0.3) is 11.5 Å². The molecule has 0 aliphatic rings. The van der Waals surface area contributed by atoms with Crippen LogP contribution in [0.3, 0.4) is 0 Å². The topological polar surface area (TPSA) is 130 Å². The maximum Gasteiger partial charge on any atom is 0.280 e. The number of aryl methyl sites for hydroxylation is 1. The van der Waals surface area contributed by atoms with Crippen LogP contribution in [0.15, 0.2) is 78.2 Å². The van der Waals surface area contributed by atoms with Crippen molar-refractivity contribution in [2.24, 2.45) is 7.05 Å². The largest absolute Gasteiger partial charge is 0.381 e. The first-order valence-electron chi connectivity index (χ1n) is 12.6. The number of fused-ring (bicyclic) bond motifs is 2. The summed E-state index contributed by atoms with van der Waals surface area (Å²) < 4.78 is 6.54. The van der Waals surface area contributed by atoms with Crippen LogP contribution in [-0.2, 0) is 7.05 Å². The first-order valence-corrected chi connectivity index (χ1v) is 12.6. The van der Waals surface area contributed by atoms with E-state index in [4.69, 9.17) is 5.73 Å². The predicted molar refractivity (Wildman–Crippen MR) is 150 cm³/mol. The van der Waals surface area contributed by atoms with E-state index in [-0.39, 0.29) is 16.9 Å². The third-order valence-electron chi connectivity index (χ3n) is 6.87. The summed E-state index contributed by atoms with van der Waals surface area (Å²) in [5, 5.41) is 11.4. The van der Waals surface area contributed by atoms with Gasteiger partial charge in [0.1, 0.15) is 11.1 Å². The first kappa shape index (κ1) is 24.7. The van der Waals surface area contributed by atoms with Crippen molar-refractivity contribution in [3.05, 3.63) is 112 Å². The van der Waals surface area contributed by atoms with Gasteiger partial charge in [-0.05, 0) is 38.1 Å². The monoisotopic (exact) mass is 531 g/mol. The second-order valence-electron chi connectivity index (χ2n) is 9.38. The van der Waals surface area contributed by atoms with Gasteiger partial charge in [-0.1, -0.05) is 30.0 Å². The van der Waals surface area contributed by atoms with Crippen LogP contribution in [0.4, 0.5) is 5.82 Å². The summed E-state index contributed by atoms with van der Waals surface area (Å²) in [4.78, 5) is 31.7. The third kappa shape index (κ3) is 4.08. The Balaban J connectivity index is 1.45. The van der Waals surface area contributed by atoms with Gasteiger partial charge in [-0.15, -0.1) is 5.10 Å². The van der Waals surface area contributed by atoms with E-state index in [1.54, 1.807) is 44.5 Å². The van der Waals surface area contributed by atoms with E-state index in [0.29, 0.717) is 28.1 Å². The molecule has 0 unspecified atom stereocenters. The lowest BCUT2D eigenvalue weighted by atomic mass is 10.1. The van der Waals surface area contributed by atoms with E-state index < -0.39 is 11.9 Å². The average molecular weight is 532 g/mol. The maximum absolute atomic E-state index is 14.1. The first-order chi connectivity index (χ1) is 19.3. The molecule has 1 amide bonds. The number of amides is 1. The molecule has 0 aliphatic heterocycles. The number of hydrogen-bond acceptors (Lipinski definition) is 6. The quantitative estimate of drug-likeness (QED) is 0.337. The fourth-order valence-corrected chi connectivity index (χ4v) is 4.67. The molecule has 5 heterocycles. The van der Waals surface area contributed by atoms with E-state index in [1.165, 1.54) is 4.52 Å². The highest BCUT2D eigenvalue weighted by Crippen LogP contribution is 2.21. The summed E-state index contributed by atoms with van der Waals surface area (Å²) in [7, 11) is 1.86. The van der Waals surface area contributed by atoms with Crippen LogP contribution < -0.4 is 16.6 Å². The summed E-state index contributed by atoms with van der Waals surface area (Å²) in [6.45, 7) is 3.75. The second kappa shape index (κ2) is 9.59. The van der Waals surface area contributed by atoms with E-state index in [1.807, 2.05) is 63.5 Å². The molecule has 40 heavy (non-hydrogen) atoms. The molecule has 0 saturated heterocycles. The van der Waals surface area contributed by atoms with Gasteiger partial charge < -0.3 is 15.5 Å². The van der Waals surface area contributed by atoms with Crippen LogP contribution >= 0.6 is 0 Å². The van der Waals surface area contributed by atoms with Crippen LogP contribution in [0.5, 0.6) is 0 Å². The molecule has 3 N–H and O–H groups in total. The number of nitrogens with zero attached hydrogens (tertiary/aromatic N) is 7. The molecule has 0 spiro atoms. The zero-order chi connectivity index (χ0) is 28.0. The van der Waals surface area contributed by atoms with E-state index >= 15 is 0 Å². The molecular weight excluding hydrogens is 506 g/mol. The molecule has 0 radical (unpaired) electrons. The van der Waals surface area contributed by atoms with Crippen molar-refractivity contribution in [1.82, 2.24) is 38.7 Å². The standard InChI is InChI=1S/C29H25N9O2/c1-18(33-28(39)24-26(30)34-37-14-7-13-31-27(24)37)23-17-36-15-12-20(10-11-21-16-32-35(3)19(21)2)25(36)29(40)38(23)22-8-5-4-6-9-22/h4-9,12-18H,1-3H3,(H2,30,34)(H,33,39)/t18-/m0/s1. The minimum Gasteiger partial charge on any atom is -0.381 e. The zero-order valence-corrected chi connectivity index (χ0v) is 22.0. The summed E-state index contributed by atoms with van der Waals surface area (Å²) in [6, 6.07) is 12.2. The highest BCUT2D eigenvalue weighted by Gasteiger charge is 2.24.